The largest absolute Gasteiger partial charge is 0.497 e. The number of ether oxygens (including phenoxy) is 1. The lowest BCUT2D eigenvalue weighted by Gasteiger charge is -2.32. The van der Waals surface area contributed by atoms with Gasteiger partial charge in [-0.25, -0.2) is 0 Å². The van der Waals surface area contributed by atoms with Crippen molar-refractivity contribution >= 4 is 11.6 Å². The minimum absolute atomic E-state index is 0.0582. The average molecular weight is 464 g/mol. The number of methoxy groups -OCH3 is 1. The number of likely N-dealkylation sites (N-methyl/N-ethyl adjacent to an activating group) is 1. The molecular formula is C25H29N5O4. The standard InChI is InChI=1S/C25H29N5O4/c1-28-13-15-29(16-14-28)12-11-26-25(31)21-17-22(18-7-9-19(34-2)10-8-18)27-24(21)20-5-3-4-6-23(20)30(32)33/h3-10,17,27H,11-16H2,1-2H3,(H,26,31). The third-order valence-corrected chi connectivity index (χ3v) is 6.14. The van der Waals surface area contributed by atoms with E-state index < -0.39 is 4.92 Å². The van der Waals surface area contributed by atoms with Gasteiger partial charge < -0.3 is 19.9 Å². The number of hydrogen-bond acceptors (Lipinski definition) is 6. The van der Waals surface area contributed by atoms with Crippen molar-refractivity contribution in [2.75, 3.05) is 53.4 Å². The second kappa shape index (κ2) is 10.5. The fourth-order valence-corrected chi connectivity index (χ4v) is 4.11. The molecule has 0 aliphatic carbocycles. The number of nitro groups is 1. The number of hydrogen-bond donors (Lipinski definition) is 2. The Morgan fingerprint density at radius 1 is 1.12 bits per heavy atom. The Balaban J connectivity index is 1.61. The van der Waals surface area contributed by atoms with Crippen molar-refractivity contribution in [3.05, 3.63) is 70.3 Å². The smallest absolute Gasteiger partial charge is 0.278 e. The Labute approximate surface area is 198 Å². The molecule has 9 nitrogen and oxygen atoms in total. The summed E-state index contributed by atoms with van der Waals surface area (Å²) in [5, 5.41) is 14.7. The van der Waals surface area contributed by atoms with Crippen molar-refractivity contribution in [1.82, 2.24) is 20.1 Å². The highest BCUT2D eigenvalue weighted by Crippen LogP contribution is 2.34. The number of para-hydroxylation sites is 1. The topological polar surface area (TPSA) is 104 Å². The summed E-state index contributed by atoms with van der Waals surface area (Å²) in [4.78, 5) is 32.3. The predicted octanol–water partition coefficient (Wildman–Crippen LogP) is 3.24. The van der Waals surface area contributed by atoms with Crippen molar-refractivity contribution in [3.8, 4) is 28.3 Å². The van der Waals surface area contributed by atoms with Crippen LogP contribution in [0.5, 0.6) is 5.75 Å². The summed E-state index contributed by atoms with van der Waals surface area (Å²) in [6.45, 7) is 5.23. The molecule has 0 unspecified atom stereocenters. The van der Waals surface area contributed by atoms with Crippen molar-refractivity contribution in [3.63, 3.8) is 0 Å². The molecule has 178 valence electrons. The number of nitrogens with one attached hydrogen (secondary N) is 2. The molecule has 1 aromatic heterocycles. The second-order valence-electron chi connectivity index (χ2n) is 8.38. The van der Waals surface area contributed by atoms with E-state index in [2.05, 4.69) is 27.1 Å². The molecule has 1 aliphatic rings. The molecule has 2 heterocycles. The first-order chi connectivity index (χ1) is 16.5. The lowest BCUT2D eigenvalue weighted by molar-refractivity contribution is -0.384. The molecule has 3 aromatic rings. The summed E-state index contributed by atoms with van der Waals surface area (Å²) in [6, 6.07) is 15.6. The third kappa shape index (κ3) is 5.27. The highest BCUT2D eigenvalue weighted by Gasteiger charge is 2.23. The number of rotatable bonds is 8. The molecule has 1 amide bonds. The van der Waals surface area contributed by atoms with Crippen LogP contribution in [0.15, 0.2) is 54.6 Å². The lowest BCUT2D eigenvalue weighted by Crippen LogP contribution is -2.46. The number of aromatic amines is 1. The van der Waals surface area contributed by atoms with Crippen LogP contribution in [0.25, 0.3) is 22.5 Å². The van der Waals surface area contributed by atoms with Crippen LogP contribution in [0.2, 0.25) is 0 Å². The molecule has 0 atom stereocenters. The highest BCUT2D eigenvalue weighted by atomic mass is 16.6. The fraction of sp³-hybridized carbons (Fsp3) is 0.320. The van der Waals surface area contributed by atoms with Crippen molar-refractivity contribution in [1.29, 1.82) is 0 Å². The normalized spacial score (nSPS) is 14.6. The van der Waals surface area contributed by atoms with Crippen LogP contribution in [0.4, 0.5) is 5.69 Å². The maximum Gasteiger partial charge on any atom is 0.278 e. The number of nitro benzene ring substituents is 1. The van der Waals surface area contributed by atoms with E-state index in [9.17, 15) is 14.9 Å². The van der Waals surface area contributed by atoms with Gasteiger partial charge in [0, 0.05) is 51.0 Å². The number of aromatic nitrogens is 1. The first-order valence-electron chi connectivity index (χ1n) is 11.3. The van der Waals surface area contributed by atoms with E-state index in [1.54, 1.807) is 31.4 Å². The van der Waals surface area contributed by atoms with Gasteiger partial charge in [-0.3, -0.25) is 19.8 Å². The van der Waals surface area contributed by atoms with Gasteiger partial charge in [-0.2, -0.15) is 0 Å². The molecule has 0 radical (unpaired) electrons. The molecule has 1 saturated heterocycles. The number of carbonyl (C=O) groups is 1. The molecule has 1 aliphatic heterocycles. The van der Waals surface area contributed by atoms with Crippen molar-refractivity contribution in [2.45, 2.75) is 0 Å². The monoisotopic (exact) mass is 463 g/mol. The number of benzene rings is 2. The zero-order chi connectivity index (χ0) is 24.1. The number of carbonyl (C=O) groups excluding carboxylic acids is 1. The molecule has 2 N–H and O–H groups in total. The maximum absolute atomic E-state index is 13.2. The maximum atomic E-state index is 13.2. The van der Waals surface area contributed by atoms with Crippen molar-refractivity contribution in [2.24, 2.45) is 0 Å². The van der Waals surface area contributed by atoms with Gasteiger partial charge in [0.2, 0.25) is 0 Å². The van der Waals surface area contributed by atoms with Gasteiger partial charge >= 0.3 is 0 Å². The van der Waals surface area contributed by atoms with Crippen LogP contribution >= 0.6 is 0 Å². The van der Waals surface area contributed by atoms with Gasteiger partial charge in [0.05, 0.1) is 28.9 Å². The van der Waals surface area contributed by atoms with Gasteiger partial charge in [-0.1, -0.05) is 12.1 Å². The van der Waals surface area contributed by atoms with E-state index in [-0.39, 0.29) is 11.6 Å². The molecule has 0 spiro atoms. The SMILES string of the molecule is COc1ccc(-c2cc(C(=O)NCCN3CCN(C)CC3)c(-c3ccccc3[N+](=O)[O-])[nH]2)cc1. The number of piperazine rings is 1. The van der Waals surface area contributed by atoms with E-state index >= 15 is 0 Å². The minimum Gasteiger partial charge on any atom is -0.497 e. The Morgan fingerprint density at radius 3 is 2.50 bits per heavy atom. The molecule has 4 rings (SSSR count). The summed E-state index contributed by atoms with van der Waals surface area (Å²) in [5.41, 5.74) is 2.65. The Morgan fingerprint density at radius 2 is 1.82 bits per heavy atom. The van der Waals surface area contributed by atoms with Crippen LogP contribution in [0.1, 0.15) is 10.4 Å². The molecule has 9 heteroatoms. The summed E-state index contributed by atoms with van der Waals surface area (Å²) in [7, 11) is 3.70. The summed E-state index contributed by atoms with van der Waals surface area (Å²) in [5.74, 6) is 0.453. The first kappa shape index (κ1) is 23.5. The Hall–Kier alpha value is -3.69. The highest BCUT2D eigenvalue weighted by molar-refractivity contribution is 6.02. The van der Waals surface area contributed by atoms with E-state index in [0.717, 1.165) is 44.0 Å². The summed E-state index contributed by atoms with van der Waals surface area (Å²) < 4.78 is 5.23. The molecule has 2 aromatic carbocycles. The van der Waals surface area contributed by atoms with Gasteiger partial charge in [0.25, 0.3) is 11.6 Å². The van der Waals surface area contributed by atoms with E-state index in [4.69, 9.17) is 4.74 Å². The molecule has 1 fully saturated rings. The summed E-state index contributed by atoms with van der Waals surface area (Å²) in [6.07, 6.45) is 0. The number of H-pyrrole nitrogens is 1. The molecule has 0 saturated carbocycles. The minimum atomic E-state index is -0.432. The fourth-order valence-electron chi connectivity index (χ4n) is 4.11. The Bertz CT molecular complexity index is 1150. The van der Waals surface area contributed by atoms with Gasteiger partial charge in [0.1, 0.15) is 5.75 Å². The first-order valence-corrected chi connectivity index (χ1v) is 11.3. The van der Waals surface area contributed by atoms with E-state index in [1.807, 2.05) is 24.3 Å². The zero-order valence-electron chi connectivity index (χ0n) is 19.4. The van der Waals surface area contributed by atoms with Crippen LogP contribution < -0.4 is 10.1 Å². The van der Waals surface area contributed by atoms with E-state index in [0.29, 0.717) is 29.1 Å². The quantitative estimate of drug-likeness (QED) is 0.393. The lowest BCUT2D eigenvalue weighted by atomic mass is 10.1. The van der Waals surface area contributed by atoms with Crippen LogP contribution in [0.3, 0.4) is 0 Å². The van der Waals surface area contributed by atoms with Crippen molar-refractivity contribution < 1.29 is 14.5 Å². The van der Waals surface area contributed by atoms with Crippen LogP contribution in [-0.2, 0) is 0 Å². The molecular weight excluding hydrogens is 434 g/mol. The molecule has 34 heavy (non-hydrogen) atoms. The van der Waals surface area contributed by atoms with Crippen LogP contribution in [0, 0.1) is 10.1 Å². The van der Waals surface area contributed by atoms with Gasteiger partial charge in [-0.15, -0.1) is 0 Å². The predicted molar refractivity (Wildman–Crippen MR) is 131 cm³/mol. The van der Waals surface area contributed by atoms with Gasteiger partial charge in [-0.05, 0) is 49.0 Å². The number of nitrogens with zero attached hydrogens (tertiary/aromatic N) is 3. The zero-order valence-corrected chi connectivity index (χ0v) is 19.4. The average Bonchev–Trinajstić information content (AvgIpc) is 3.31. The molecule has 0 bridgehead atoms. The van der Waals surface area contributed by atoms with E-state index in [1.165, 1.54) is 6.07 Å². The second-order valence-corrected chi connectivity index (χ2v) is 8.38. The van der Waals surface area contributed by atoms with Gasteiger partial charge in [0.15, 0.2) is 0 Å². The van der Waals surface area contributed by atoms with Crippen LogP contribution in [-0.4, -0.2) is 79.0 Å². The summed E-state index contributed by atoms with van der Waals surface area (Å²) >= 11 is 0. The third-order valence-electron chi connectivity index (χ3n) is 6.14. The Kier molecular flexibility index (Phi) is 7.24. The number of amides is 1.